The zero-order valence-corrected chi connectivity index (χ0v) is 14.7. The fraction of sp³-hybridized carbons (Fsp3) is 0.765. The van der Waals surface area contributed by atoms with Crippen molar-refractivity contribution < 1.29 is 18.8 Å². The van der Waals surface area contributed by atoms with E-state index in [0.29, 0.717) is 50.7 Å². The highest BCUT2D eigenvalue weighted by Gasteiger charge is 2.30. The molecular formula is C17H26N4O4. The lowest BCUT2D eigenvalue weighted by Crippen LogP contribution is -2.52. The monoisotopic (exact) mass is 350 g/mol. The van der Waals surface area contributed by atoms with Crippen molar-refractivity contribution in [3.05, 3.63) is 11.7 Å². The molecule has 2 heterocycles. The van der Waals surface area contributed by atoms with Crippen molar-refractivity contribution in [1.82, 2.24) is 20.4 Å². The minimum absolute atomic E-state index is 0.0155. The molecule has 25 heavy (non-hydrogen) atoms. The number of hydrogen-bond acceptors (Lipinski definition) is 6. The molecular weight excluding hydrogens is 324 g/mol. The molecule has 1 aliphatic carbocycles. The van der Waals surface area contributed by atoms with Gasteiger partial charge in [0.1, 0.15) is 0 Å². The number of carbonyl (C=O) groups excluding carboxylic acids is 2. The van der Waals surface area contributed by atoms with Gasteiger partial charge in [0, 0.05) is 31.8 Å². The van der Waals surface area contributed by atoms with Crippen LogP contribution in [0.3, 0.4) is 0 Å². The van der Waals surface area contributed by atoms with E-state index in [0.717, 1.165) is 25.7 Å². The van der Waals surface area contributed by atoms with Crippen molar-refractivity contribution in [3.8, 4) is 0 Å². The molecule has 1 aliphatic heterocycles. The maximum absolute atomic E-state index is 12.4. The second-order valence-electron chi connectivity index (χ2n) is 6.65. The van der Waals surface area contributed by atoms with Gasteiger partial charge >= 0.3 is 0 Å². The average Bonchev–Trinajstić information content (AvgIpc) is 3.31. The first kappa shape index (κ1) is 17.8. The standard InChI is InChI=1S/C17H26N4O4/c1-2-14-19-15(25-20-14)7-8-16(22)21-9-10-24-13(11-21)17(23)18-12-5-3-4-6-12/h12-13H,2-11H2,1H3,(H,18,23). The molecule has 138 valence electrons. The largest absolute Gasteiger partial charge is 0.365 e. The van der Waals surface area contributed by atoms with Gasteiger partial charge in [0.15, 0.2) is 11.9 Å². The highest BCUT2D eigenvalue weighted by molar-refractivity contribution is 5.83. The number of nitrogens with one attached hydrogen (secondary N) is 1. The number of morpholine rings is 1. The van der Waals surface area contributed by atoms with Gasteiger partial charge in [-0.05, 0) is 12.8 Å². The van der Waals surface area contributed by atoms with Crippen LogP contribution in [0.5, 0.6) is 0 Å². The molecule has 0 bridgehead atoms. The lowest BCUT2D eigenvalue weighted by molar-refractivity contribution is -0.147. The molecule has 8 nitrogen and oxygen atoms in total. The van der Waals surface area contributed by atoms with E-state index in [1.54, 1.807) is 4.90 Å². The fourth-order valence-electron chi connectivity index (χ4n) is 3.31. The summed E-state index contributed by atoms with van der Waals surface area (Å²) < 4.78 is 10.7. The van der Waals surface area contributed by atoms with E-state index in [1.807, 2.05) is 6.92 Å². The summed E-state index contributed by atoms with van der Waals surface area (Å²) in [4.78, 5) is 30.6. The Bertz CT molecular complexity index is 597. The molecule has 2 fully saturated rings. The number of ether oxygens (including phenoxy) is 1. The Morgan fingerprint density at radius 3 is 2.84 bits per heavy atom. The summed E-state index contributed by atoms with van der Waals surface area (Å²) in [5.74, 6) is 1.01. The highest BCUT2D eigenvalue weighted by Crippen LogP contribution is 2.18. The minimum atomic E-state index is -0.576. The second kappa shape index (κ2) is 8.42. The fourth-order valence-corrected chi connectivity index (χ4v) is 3.31. The molecule has 1 atom stereocenters. The van der Waals surface area contributed by atoms with E-state index in [9.17, 15) is 9.59 Å². The van der Waals surface area contributed by atoms with Crippen LogP contribution in [0.25, 0.3) is 0 Å². The van der Waals surface area contributed by atoms with Crippen LogP contribution in [0.4, 0.5) is 0 Å². The Morgan fingerprint density at radius 1 is 1.32 bits per heavy atom. The van der Waals surface area contributed by atoms with Crippen molar-refractivity contribution in [2.45, 2.75) is 64.0 Å². The van der Waals surface area contributed by atoms with Crippen molar-refractivity contribution in [2.24, 2.45) is 0 Å². The van der Waals surface area contributed by atoms with Gasteiger partial charge in [-0.25, -0.2) is 0 Å². The molecule has 1 saturated heterocycles. The normalized spacial score (nSPS) is 21.5. The number of aromatic nitrogens is 2. The molecule has 0 radical (unpaired) electrons. The maximum atomic E-state index is 12.4. The first-order valence-electron chi connectivity index (χ1n) is 9.17. The third-order valence-corrected chi connectivity index (χ3v) is 4.79. The van der Waals surface area contributed by atoms with Gasteiger partial charge in [0.2, 0.25) is 11.8 Å². The number of hydrogen-bond donors (Lipinski definition) is 1. The summed E-state index contributed by atoms with van der Waals surface area (Å²) in [5.41, 5.74) is 0. The Morgan fingerprint density at radius 2 is 2.12 bits per heavy atom. The molecule has 1 saturated carbocycles. The van der Waals surface area contributed by atoms with Crippen molar-refractivity contribution in [3.63, 3.8) is 0 Å². The summed E-state index contributed by atoms with van der Waals surface area (Å²) in [6.45, 7) is 3.15. The summed E-state index contributed by atoms with van der Waals surface area (Å²) in [7, 11) is 0. The Labute approximate surface area is 147 Å². The number of carbonyl (C=O) groups is 2. The minimum Gasteiger partial charge on any atom is -0.365 e. The van der Waals surface area contributed by atoms with Crippen molar-refractivity contribution in [2.75, 3.05) is 19.7 Å². The SMILES string of the molecule is CCc1noc(CCC(=O)N2CCOC(C(=O)NC3CCCC3)C2)n1. The van der Waals surface area contributed by atoms with Gasteiger partial charge in [0.25, 0.3) is 5.91 Å². The highest BCUT2D eigenvalue weighted by atomic mass is 16.5. The molecule has 1 unspecified atom stereocenters. The summed E-state index contributed by atoms with van der Waals surface area (Å²) in [6, 6.07) is 0.257. The second-order valence-corrected chi connectivity index (χ2v) is 6.65. The summed E-state index contributed by atoms with van der Waals surface area (Å²) in [5, 5.41) is 6.87. The van der Waals surface area contributed by atoms with Crippen LogP contribution in [0.2, 0.25) is 0 Å². The third kappa shape index (κ3) is 4.78. The molecule has 2 amide bonds. The number of rotatable bonds is 6. The van der Waals surface area contributed by atoms with Crippen LogP contribution in [-0.2, 0) is 27.2 Å². The van der Waals surface area contributed by atoms with E-state index >= 15 is 0 Å². The summed E-state index contributed by atoms with van der Waals surface area (Å²) in [6.07, 6.45) is 5.24. The number of nitrogens with zero attached hydrogens (tertiary/aromatic N) is 3. The van der Waals surface area contributed by atoms with Crippen LogP contribution in [0.15, 0.2) is 4.52 Å². The van der Waals surface area contributed by atoms with E-state index in [4.69, 9.17) is 9.26 Å². The predicted molar refractivity (Wildman–Crippen MR) is 88.7 cm³/mol. The number of amides is 2. The molecule has 3 rings (SSSR count). The van der Waals surface area contributed by atoms with Gasteiger partial charge in [0.05, 0.1) is 13.2 Å². The molecule has 0 aromatic carbocycles. The van der Waals surface area contributed by atoms with Crippen LogP contribution in [0.1, 0.15) is 50.7 Å². The quantitative estimate of drug-likeness (QED) is 0.817. The lowest BCUT2D eigenvalue weighted by atomic mass is 10.2. The zero-order chi connectivity index (χ0) is 17.6. The first-order chi connectivity index (χ1) is 12.2. The summed E-state index contributed by atoms with van der Waals surface area (Å²) >= 11 is 0. The van der Waals surface area contributed by atoms with Crippen molar-refractivity contribution in [1.29, 1.82) is 0 Å². The maximum Gasteiger partial charge on any atom is 0.251 e. The van der Waals surface area contributed by atoms with Crippen LogP contribution < -0.4 is 5.32 Å². The van der Waals surface area contributed by atoms with E-state index < -0.39 is 6.10 Å². The van der Waals surface area contributed by atoms with Gasteiger partial charge in [-0.3, -0.25) is 9.59 Å². The third-order valence-electron chi connectivity index (χ3n) is 4.79. The zero-order valence-electron chi connectivity index (χ0n) is 14.7. The van der Waals surface area contributed by atoms with Crippen LogP contribution in [-0.4, -0.2) is 58.7 Å². The van der Waals surface area contributed by atoms with Crippen LogP contribution in [0, 0.1) is 0 Å². The van der Waals surface area contributed by atoms with Gasteiger partial charge in [-0.1, -0.05) is 24.9 Å². The van der Waals surface area contributed by atoms with Gasteiger partial charge in [-0.2, -0.15) is 4.98 Å². The van der Waals surface area contributed by atoms with E-state index in [1.165, 1.54) is 0 Å². The Kier molecular flexibility index (Phi) is 6.01. The van der Waals surface area contributed by atoms with Gasteiger partial charge < -0.3 is 19.5 Å². The topological polar surface area (TPSA) is 97.6 Å². The average molecular weight is 350 g/mol. The van der Waals surface area contributed by atoms with Crippen LogP contribution >= 0.6 is 0 Å². The molecule has 1 N–H and O–H groups in total. The van der Waals surface area contributed by atoms with Crippen molar-refractivity contribution >= 4 is 11.8 Å². The Balaban J connectivity index is 1.46. The first-order valence-corrected chi connectivity index (χ1v) is 9.17. The predicted octanol–water partition coefficient (Wildman–Crippen LogP) is 0.851. The Hall–Kier alpha value is -1.96. The van der Waals surface area contributed by atoms with E-state index in [2.05, 4.69) is 15.5 Å². The van der Waals surface area contributed by atoms with Gasteiger partial charge in [-0.15, -0.1) is 0 Å². The van der Waals surface area contributed by atoms with E-state index in [-0.39, 0.29) is 17.9 Å². The molecule has 2 aliphatic rings. The molecule has 8 heteroatoms. The smallest absolute Gasteiger partial charge is 0.251 e. The number of aryl methyl sites for hydroxylation is 2. The lowest BCUT2D eigenvalue weighted by Gasteiger charge is -2.32. The molecule has 1 aromatic rings. The molecule has 1 aromatic heterocycles. The molecule has 0 spiro atoms.